The van der Waals surface area contributed by atoms with Gasteiger partial charge < -0.3 is 20.4 Å². The van der Waals surface area contributed by atoms with Crippen LogP contribution in [0, 0.1) is 0 Å². The third-order valence-corrected chi connectivity index (χ3v) is 4.18. The van der Waals surface area contributed by atoms with Gasteiger partial charge in [-0.3, -0.25) is 4.79 Å². The van der Waals surface area contributed by atoms with Gasteiger partial charge in [-0.15, -0.1) is 0 Å². The number of carbonyl (C=O) groups excluding carboxylic acids is 1. The van der Waals surface area contributed by atoms with Crippen molar-refractivity contribution in [2.24, 2.45) is 0 Å². The van der Waals surface area contributed by atoms with E-state index in [9.17, 15) is 4.79 Å². The molecule has 1 aliphatic rings. The van der Waals surface area contributed by atoms with Crippen molar-refractivity contribution in [1.82, 2.24) is 5.32 Å². The molecule has 1 aromatic rings. The van der Waals surface area contributed by atoms with Gasteiger partial charge in [-0.25, -0.2) is 0 Å². The number of anilines is 1. The van der Waals surface area contributed by atoms with E-state index in [1.165, 1.54) is 0 Å². The van der Waals surface area contributed by atoms with Gasteiger partial charge >= 0.3 is 7.12 Å². The molecule has 3 N–H and O–H groups in total. The topological polar surface area (TPSA) is 73.6 Å². The van der Waals surface area contributed by atoms with E-state index in [0.29, 0.717) is 17.8 Å². The summed E-state index contributed by atoms with van der Waals surface area (Å²) in [6, 6.07) is 5.29. The predicted molar refractivity (Wildman–Crippen MR) is 84.6 cm³/mol. The minimum absolute atomic E-state index is 0.187. The summed E-state index contributed by atoms with van der Waals surface area (Å²) >= 11 is 0. The van der Waals surface area contributed by atoms with Crippen LogP contribution in [0.25, 0.3) is 0 Å². The number of nitrogen functional groups attached to an aromatic ring is 1. The van der Waals surface area contributed by atoms with Gasteiger partial charge in [0.15, 0.2) is 0 Å². The second-order valence-electron chi connectivity index (χ2n) is 6.29. The number of nitrogens with two attached hydrogens (primary N) is 1. The van der Waals surface area contributed by atoms with Gasteiger partial charge in [-0.05, 0) is 52.2 Å². The summed E-state index contributed by atoms with van der Waals surface area (Å²) in [7, 11) is -0.497. The number of benzene rings is 1. The van der Waals surface area contributed by atoms with Crippen LogP contribution in [0.2, 0.25) is 0 Å². The Morgan fingerprint density at radius 1 is 1.24 bits per heavy atom. The molecule has 1 aliphatic heterocycles. The minimum Gasteiger partial charge on any atom is -0.399 e. The summed E-state index contributed by atoms with van der Waals surface area (Å²) < 4.78 is 12.0. The molecule has 0 radical (unpaired) electrons. The number of rotatable bonds is 3. The van der Waals surface area contributed by atoms with Crippen molar-refractivity contribution in [2.75, 3.05) is 12.3 Å². The van der Waals surface area contributed by atoms with Gasteiger partial charge in [0.25, 0.3) is 5.91 Å². The van der Waals surface area contributed by atoms with Crippen molar-refractivity contribution in [3.63, 3.8) is 0 Å². The summed E-state index contributed by atoms with van der Waals surface area (Å²) in [5, 5.41) is 2.75. The van der Waals surface area contributed by atoms with E-state index in [0.717, 1.165) is 5.46 Å². The third kappa shape index (κ3) is 2.92. The molecule has 5 nitrogen and oxygen atoms in total. The maximum Gasteiger partial charge on any atom is 0.494 e. The van der Waals surface area contributed by atoms with Crippen molar-refractivity contribution in [2.45, 2.75) is 45.8 Å². The summed E-state index contributed by atoms with van der Waals surface area (Å²) in [5.41, 5.74) is 6.75. The molecule has 1 amide bonds. The molecule has 0 unspecified atom stereocenters. The van der Waals surface area contributed by atoms with Gasteiger partial charge in [0.1, 0.15) is 0 Å². The van der Waals surface area contributed by atoms with Crippen LogP contribution in [0.4, 0.5) is 5.69 Å². The second kappa shape index (κ2) is 5.35. The van der Waals surface area contributed by atoms with E-state index in [1.54, 1.807) is 12.1 Å². The van der Waals surface area contributed by atoms with Crippen molar-refractivity contribution >= 4 is 24.2 Å². The van der Waals surface area contributed by atoms with Gasteiger partial charge in [0.05, 0.1) is 16.8 Å². The van der Waals surface area contributed by atoms with Gasteiger partial charge in [-0.1, -0.05) is 6.07 Å². The van der Waals surface area contributed by atoms with E-state index in [1.807, 2.05) is 40.7 Å². The number of hydrogen-bond acceptors (Lipinski definition) is 4. The molecular formula is C15H23BN2O3. The molecule has 0 saturated carbocycles. The molecule has 1 aromatic carbocycles. The molecule has 0 atom stereocenters. The van der Waals surface area contributed by atoms with Crippen LogP contribution in [0.15, 0.2) is 18.2 Å². The monoisotopic (exact) mass is 290 g/mol. The van der Waals surface area contributed by atoms with Crippen LogP contribution >= 0.6 is 0 Å². The SMILES string of the molecule is CCNC(=O)c1cc(B2OC(C)(C)C(C)(C)O2)ccc1N. The second-order valence-corrected chi connectivity index (χ2v) is 6.29. The van der Waals surface area contributed by atoms with Gasteiger partial charge in [0.2, 0.25) is 0 Å². The zero-order chi connectivity index (χ0) is 15.8. The fraction of sp³-hybridized carbons (Fsp3) is 0.533. The quantitative estimate of drug-likeness (QED) is 0.650. The Kier molecular flexibility index (Phi) is 4.04. The largest absolute Gasteiger partial charge is 0.494 e. The molecule has 0 spiro atoms. The number of hydrogen-bond donors (Lipinski definition) is 2. The third-order valence-electron chi connectivity index (χ3n) is 4.18. The summed E-state index contributed by atoms with van der Waals surface area (Å²) in [5.74, 6) is -0.187. The fourth-order valence-electron chi connectivity index (χ4n) is 2.15. The Labute approximate surface area is 126 Å². The van der Waals surface area contributed by atoms with Crippen LogP contribution in [0.1, 0.15) is 45.0 Å². The Hall–Kier alpha value is -1.53. The number of nitrogens with one attached hydrogen (secondary N) is 1. The molecule has 0 aliphatic carbocycles. The maximum absolute atomic E-state index is 12.0. The maximum atomic E-state index is 12.0. The molecule has 114 valence electrons. The number of carbonyl (C=O) groups is 1. The molecule has 1 saturated heterocycles. The lowest BCUT2D eigenvalue weighted by Gasteiger charge is -2.32. The fourth-order valence-corrected chi connectivity index (χ4v) is 2.15. The Bertz CT molecular complexity index is 542. The summed E-state index contributed by atoms with van der Waals surface area (Å²) in [6.07, 6.45) is 0. The average Bonchev–Trinajstić information content (AvgIpc) is 2.59. The predicted octanol–water partition coefficient (Wildman–Crippen LogP) is 1.32. The summed E-state index contributed by atoms with van der Waals surface area (Å²) in [4.78, 5) is 12.0. The van der Waals surface area contributed by atoms with Crippen LogP contribution in [0.5, 0.6) is 0 Å². The van der Waals surface area contributed by atoms with Crippen molar-refractivity contribution in [1.29, 1.82) is 0 Å². The van der Waals surface area contributed by atoms with Crippen LogP contribution in [-0.4, -0.2) is 30.8 Å². The van der Waals surface area contributed by atoms with Gasteiger partial charge in [0, 0.05) is 12.2 Å². The molecule has 0 aromatic heterocycles. The minimum atomic E-state index is -0.497. The van der Waals surface area contributed by atoms with E-state index in [-0.39, 0.29) is 5.91 Å². The zero-order valence-corrected chi connectivity index (χ0v) is 13.3. The molecule has 21 heavy (non-hydrogen) atoms. The lowest BCUT2D eigenvalue weighted by Crippen LogP contribution is -2.41. The molecular weight excluding hydrogens is 267 g/mol. The molecule has 1 fully saturated rings. The lowest BCUT2D eigenvalue weighted by atomic mass is 9.78. The van der Waals surface area contributed by atoms with Crippen LogP contribution in [0.3, 0.4) is 0 Å². The highest BCUT2D eigenvalue weighted by Crippen LogP contribution is 2.36. The normalized spacial score (nSPS) is 19.6. The van der Waals surface area contributed by atoms with E-state index in [4.69, 9.17) is 15.0 Å². The Morgan fingerprint density at radius 3 is 2.33 bits per heavy atom. The number of amides is 1. The highest BCUT2D eigenvalue weighted by Gasteiger charge is 2.51. The standard InChI is InChI=1S/C15H23BN2O3/c1-6-18-13(19)11-9-10(7-8-12(11)17)16-20-14(2,3)15(4,5)21-16/h7-9H,6,17H2,1-5H3,(H,18,19). The Balaban J connectivity index is 2.31. The lowest BCUT2D eigenvalue weighted by molar-refractivity contribution is 0.00578. The molecule has 6 heteroatoms. The highest BCUT2D eigenvalue weighted by atomic mass is 16.7. The Morgan fingerprint density at radius 2 is 1.81 bits per heavy atom. The first-order valence-corrected chi connectivity index (χ1v) is 7.21. The van der Waals surface area contributed by atoms with Gasteiger partial charge in [-0.2, -0.15) is 0 Å². The smallest absolute Gasteiger partial charge is 0.399 e. The first-order valence-electron chi connectivity index (χ1n) is 7.21. The van der Waals surface area contributed by atoms with Crippen molar-refractivity contribution in [3.8, 4) is 0 Å². The van der Waals surface area contributed by atoms with E-state index < -0.39 is 18.3 Å². The van der Waals surface area contributed by atoms with Crippen LogP contribution in [-0.2, 0) is 9.31 Å². The van der Waals surface area contributed by atoms with Crippen LogP contribution < -0.4 is 16.5 Å². The van der Waals surface area contributed by atoms with Crippen molar-refractivity contribution < 1.29 is 14.1 Å². The van der Waals surface area contributed by atoms with E-state index in [2.05, 4.69) is 5.32 Å². The first kappa shape index (κ1) is 15.9. The summed E-state index contributed by atoms with van der Waals surface area (Å²) in [6.45, 7) is 10.4. The first-order chi connectivity index (χ1) is 9.68. The highest BCUT2D eigenvalue weighted by molar-refractivity contribution is 6.62. The van der Waals surface area contributed by atoms with Crippen molar-refractivity contribution in [3.05, 3.63) is 23.8 Å². The molecule has 2 rings (SSSR count). The zero-order valence-electron chi connectivity index (χ0n) is 13.3. The molecule has 0 bridgehead atoms. The molecule has 1 heterocycles. The van der Waals surface area contributed by atoms with E-state index >= 15 is 0 Å². The average molecular weight is 290 g/mol.